The molecule has 1 aliphatic rings. The summed E-state index contributed by atoms with van der Waals surface area (Å²) in [6.07, 6.45) is 3.51. The van der Waals surface area contributed by atoms with Crippen molar-refractivity contribution >= 4 is 27.7 Å². The molecule has 3 aromatic rings. The molecule has 0 radical (unpaired) electrons. The van der Waals surface area contributed by atoms with Gasteiger partial charge in [-0.2, -0.15) is 4.31 Å². The van der Waals surface area contributed by atoms with Gasteiger partial charge in [0.2, 0.25) is 10.0 Å². The van der Waals surface area contributed by atoms with E-state index in [2.05, 4.69) is 4.98 Å². The third-order valence-electron chi connectivity index (χ3n) is 5.05. The van der Waals surface area contributed by atoms with Crippen LogP contribution in [0.25, 0.3) is 5.69 Å². The molecular formula is C21H22N4O3S2. The number of benzene rings is 2. The van der Waals surface area contributed by atoms with Crippen LogP contribution >= 0.6 is 11.8 Å². The van der Waals surface area contributed by atoms with Gasteiger partial charge in [0, 0.05) is 31.9 Å². The minimum Gasteiger partial charge on any atom is -0.335 e. The number of rotatable bonds is 5. The van der Waals surface area contributed by atoms with E-state index >= 15 is 0 Å². The number of hydrogen-bond donors (Lipinski definition) is 0. The van der Waals surface area contributed by atoms with Crippen LogP contribution in [0.4, 0.5) is 0 Å². The Bertz CT molecular complexity index is 1120. The Hall–Kier alpha value is -2.62. The van der Waals surface area contributed by atoms with E-state index in [9.17, 15) is 13.2 Å². The highest BCUT2D eigenvalue weighted by Crippen LogP contribution is 2.24. The Morgan fingerprint density at radius 3 is 2.13 bits per heavy atom. The number of carbonyl (C=O) groups is 1. The highest BCUT2D eigenvalue weighted by atomic mass is 32.2. The summed E-state index contributed by atoms with van der Waals surface area (Å²) < 4.78 is 28.9. The van der Waals surface area contributed by atoms with E-state index in [1.54, 1.807) is 41.4 Å². The average molecular weight is 443 g/mol. The van der Waals surface area contributed by atoms with E-state index in [-0.39, 0.29) is 23.9 Å². The molecule has 0 spiro atoms. The molecular weight excluding hydrogens is 420 g/mol. The molecule has 0 saturated carbocycles. The smallest absolute Gasteiger partial charge is 0.272 e. The molecule has 9 heteroatoms. The summed E-state index contributed by atoms with van der Waals surface area (Å²) >= 11 is 1.47. The van der Waals surface area contributed by atoms with E-state index in [1.165, 1.54) is 16.1 Å². The number of amides is 1. The Balaban J connectivity index is 1.53. The van der Waals surface area contributed by atoms with Crippen molar-refractivity contribution in [3.05, 3.63) is 72.6 Å². The lowest BCUT2D eigenvalue weighted by Gasteiger charge is -2.34. The van der Waals surface area contributed by atoms with E-state index in [1.807, 2.05) is 41.2 Å². The van der Waals surface area contributed by atoms with Crippen molar-refractivity contribution in [1.29, 1.82) is 0 Å². The predicted molar refractivity (Wildman–Crippen MR) is 116 cm³/mol. The molecule has 2 heterocycles. The molecule has 0 aliphatic carbocycles. The zero-order valence-electron chi connectivity index (χ0n) is 16.5. The van der Waals surface area contributed by atoms with Crippen LogP contribution in [0.3, 0.4) is 0 Å². The fourth-order valence-corrected chi connectivity index (χ4v) is 5.48. The molecule has 4 rings (SSSR count). The molecule has 2 aromatic carbocycles. The van der Waals surface area contributed by atoms with Gasteiger partial charge in [-0.15, -0.1) is 0 Å². The lowest BCUT2D eigenvalue weighted by atomic mass is 10.3. The number of piperazine rings is 1. The minimum absolute atomic E-state index is 0.150. The van der Waals surface area contributed by atoms with Crippen molar-refractivity contribution in [3.63, 3.8) is 0 Å². The van der Waals surface area contributed by atoms with Gasteiger partial charge in [-0.3, -0.25) is 9.36 Å². The number of aromatic nitrogens is 2. The third-order valence-corrected chi connectivity index (χ3v) is 7.62. The van der Waals surface area contributed by atoms with Gasteiger partial charge in [0.1, 0.15) is 5.69 Å². The van der Waals surface area contributed by atoms with Gasteiger partial charge < -0.3 is 4.90 Å². The number of hydrogen-bond acceptors (Lipinski definition) is 5. The van der Waals surface area contributed by atoms with Crippen LogP contribution in [-0.4, -0.2) is 65.5 Å². The molecule has 0 bridgehead atoms. The molecule has 1 saturated heterocycles. The zero-order valence-corrected chi connectivity index (χ0v) is 18.1. The van der Waals surface area contributed by atoms with Gasteiger partial charge in [0.15, 0.2) is 5.16 Å². The SMILES string of the molecule is CSc1ncc(C(=O)N2CCN(S(=O)(=O)c3ccccc3)CC2)n1-c1ccccc1. The van der Waals surface area contributed by atoms with Crippen molar-refractivity contribution in [2.24, 2.45) is 0 Å². The van der Waals surface area contributed by atoms with Gasteiger partial charge in [-0.1, -0.05) is 48.2 Å². The lowest BCUT2D eigenvalue weighted by Crippen LogP contribution is -2.50. The van der Waals surface area contributed by atoms with Crippen molar-refractivity contribution in [2.45, 2.75) is 10.1 Å². The monoisotopic (exact) mass is 442 g/mol. The normalized spacial score (nSPS) is 15.3. The van der Waals surface area contributed by atoms with Gasteiger partial charge in [0.25, 0.3) is 5.91 Å². The zero-order chi connectivity index (χ0) is 21.1. The first-order valence-electron chi connectivity index (χ1n) is 9.54. The van der Waals surface area contributed by atoms with Crippen LogP contribution < -0.4 is 0 Å². The fraction of sp³-hybridized carbons (Fsp3) is 0.238. The minimum atomic E-state index is -3.55. The summed E-state index contributed by atoms with van der Waals surface area (Å²) in [6, 6.07) is 18.0. The number of para-hydroxylation sites is 1. The molecule has 156 valence electrons. The van der Waals surface area contributed by atoms with Gasteiger partial charge in [0.05, 0.1) is 11.1 Å². The third kappa shape index (κ3) is 3.88. The second-order valence-corrected chi connectivity index (χ2v) is 9.52. The van der Waals surface area contributed by atoms with Gasteiger partial charge in [-0.25, -0.2) is 13.4 Å². The van der Waals surface area contributed by atoms with E-state index < -0.39 is 10.0 Å². The summed E-state index contributed by atoms with van der Waals surface area (Å²) in [7, 11) is -3.55. The summed E-state index contributed by atoms with van der Waals surface area (Å²) in [5.41, 5.74) is 1.35. The van der Waals surface area contributed by atoms with E-state index in [0.717, 1.165) is 10.8 Å². The molecule has 1 fully saturated rings. The largest absolute Gasteiger partial charge is 0.335 e. The molecule has 1 aliphatic heterocycles. The van der Waals surface area contributed by atoms with Crippen molar-refractivity contribution in [1.82, 2.24) is 18.8 Å². The van der Waals surface area contributed by atoms with Crippen molar-refractivity contribution in [2.75, 3.05) is 32.4 Å². The first-order chi connectivity index (χ1) is 14.5. The highest BCUT2D eigenvalue weighted by molar-refractivity contribution is 7.98. The second-order valence-electron chi connectivity index (χ2n) is 6.81. The summed E-state index contributed by atoms with van der Waals surface area (Å²) in [6.45, 7) is 1.19. The molecule has 0 N–H and O–H groups in total. The summed E-state index contributed by atoms with van der Waals surface area (Å²) in [4.78, 5) is 19.6. The van der Waals surface area contributed by atoms with Gasteiger partial charge in [-0.05, 0) is 30.5 Å². The van der Waals surface area contributed by atoms with E-state index in [4.69, 9.17) is 0 Å². The van der Waals surface area contributed by atoms with Crippen molar-refractivity contribution in [3.8, 4) is 5.69 Å². The molecule has 30 heavy (non-hydrogen) atoms. The Morgan fingerprint density at radius 2 is 1.53 bits per heavy atom. The maximum atomic E-state index is 13.2. The first-order valence-corrected chi connectivity index (χ1v) is 12.2. The molecule has 7 nitrogen and oxygen atoms in total. The van der Waals surface area contributed by atoms with Crippen LogP contribution in [-0.2, 0) is 10.0 Å². The number of imidazole rings is 1. The van der Waals surface area contributed by atoms with Crippen LogP contribution in [0.1, 0.15) is 10.5 Å². The fourth-order valence-electron chi connectivity index (χ4n) is 3.49. The standard InChI is InChI=1S/C21H22N4O3S2/c1-29-21-22-16-19(25(21)17-8-4-2-5-9-17)20(26)23-12-14-24(15-13-23)30(27,28)18-10-6-3-7-11-18/h2-11,16H,12-15H2,1H3. The maximum Gasteiger partial charge on any atom is 0.272 e. The molecule has 0 atom stereocenters. The number of nitrogens with zero attached hydrogens (tertiary/aromatic N) is 4. The first kappa shape index (κ1) is 20.6. The van der Waals surface area contributed by atoms with Crippen LogP contribution in [0.5, 0.6) is 0 Å². The quantitative estimate of drug-likeness (QED) is 0.568. The topological polar surface area (TPSA) is 75.5 Å². The second kappa shape index (κ2) is 8.63. The average Bonchev–Trinajstić information content (AvgIpc) is 3.24. The Morgan fingerprint density at radius 1 is 0.933 bits per heavy atom. The van der Waals surface area contributed by atoms with Crippen LogP contribution in [0.15, 0.2) is 76.9 Å². The molecule has 1 amide bonds. The van der Waals surface area contributed by atoms with Crippen molar-refractivity contribution < 1.29 is 13.2 Å². The maximum absolute atomic E-state index is 13.2. The number of sulfonamides is 1. The van der Waals surface area contributed by atoms with E-state index in [0.29, 0.717) is 18.8 Å². The molecule has 1 aromatic heterocycles. The Kier molecular flexibility index (Phi) is 5.94. The lowest BCUT2D eigenvalue weighted by molar-refractivity contribution is 0.0689. The number of thioether (sulfide) groups is 1. The highest BCUT2D eigenvalue weighted by Gasteiger charge is 2.31. The van der Waals surface area contributed by atoms with Crippen LogP contribution in [0, 0.1) is 0 Å². The predicted octanol–water partition coefficient (Wildman–Crippen LogP) is 2.74. The number of carbonyl (C=O) groups excluding carboxylic acids is 1. The summed E-state index contributed by atoms with van der Waals surface area (Å²) in [5, 5.41) is 0.731. The van der Waals surface area contributed by atoms with Crippen LogP contribution in [0.2, 0.25) is 0 Å². The Labute approximate surface area is 180 Å². The van der Waals surface area contributed by atoms with Gasteiger partial charge >= 0.3 is 0 Å². The summed E-state index contributed by atoms with van der Waals surface area (Å²) in [5.74, 6) is -0.150. The molecule has 0 unspecified atom stereocenters.